The van der Waals surface area contributed by atoms with Crippen molar-refractivity contribution in [2.24, 2.45) is 0 Å². The topological polar surface area (TPSA) is 35.1 Å². The third kappa shape index (κ3) is 4.88. The molecule has 0 spiro atoms. The van der Waals surface area contributed by atoms with Crippen molar-refractivity contribution in [2.45, 2.75) is 0 Å². The number of para-hydroxylation sites is 1. The first-order valence-electron chi connectivity index (χ1n) is 18.8. The number of pyridine rings is 2. The van der Waals surface area contributed by atoms with Gasteiger partial charge in [0.25, 0.3) is 0 Å². The zero-order valence-electron chi connectivity index (χ0n) is 30.3. The number of benzene rings is 7. The van der Waals surface area contributed by atoms with E-state index in [2.05, 4.69) is 185 Å². The van der Waals surface area contributed by atoms with Crippen molar-refractivity contribution in [1.82, 2.24) is 18.9 Å². The molecule has 0 N–H and O–H groups in total. The Labute approximate surface area is 347 Å². The average Bonchev–Trinajstić information content (AvgIpc) is 4.00. The zero-order valence-corrected chi connectivity index (χ0v) is 34.4. The van der Waals surface area contributed by atoms with E-state index in [1.54, 1.807) is 0 Å². The summed E-state index contributed by atoms with van der Waals surface area (Å²) in [5.41, 5.74) is 5.11. The number of nitrogens with zero attached hydrogens (tertiary/aromatic N) is 4. The van der Waals surface area contributed by atoms with Crippen LogP contribution >= 0.6 is 11.3 Å². The first kappa shape index (κ1) is 34.1. The van der Waals surface area contributed by atoms with Crippen molar-refractivity contribution in [3.8, 4) is 5.69 Å². The van der Waals surface area contributed by atoms with E-state index in [-0.39, 0.29) is 21.1 Å². The van der Waals surface area contributed by atoms with Gasteiger partial charge in [-0.15, -0.1) is 46.2 Å². The van der Waals surface area contributed by atoms with Gasteiger partial charge in [-0.1, -0.05) is 120 Å². The number of imidazole rings is 1. The molecule has 0 saturated heterocycles. The maximum atomic E-state index is 5.05. The Morgan fingerprint density at radius 3 is 1.98 bits per heavy atom. The van der Waals surface area contributed by atoms with E-state index >= 15 is 0 Å². The molecule has 0 fully saturated rings. The Hall–Kier alpha value is -6.17. The van der Waals surface area contributed by atoms with E-state index in [0.29, 0.717) is 0 Å². The molecule has 12 rings (SSSR count). The van der Waals surface area contributed by atoms with Crippen molar-refractivity contribution in [3.63, 3.8) is 0 Å². The normalized spacial score (nSPS) is 12.1. The number of rotatable bonds is 5. The van der Waals surface area contributed by atoms with Crippen LogP contribution in [-0.4, -0.2) is 27.0 Å². The summed E-state index contributed by atoms with van der Waals surface area (Å²) in [6.45, 7) is 0. The van der Waals surface area contributed by atoms with Gasteiger partial charge < -0.3 is 8.97 Å². The van der Waals surface area contributed by atoms with Crippen molar-refractivity contribution in [3.05, 3.63) is 195 Å². The molecule has 0 atom stereocenters. The summed E-state index contributed by atoms with van der Waals surface area (Å²) in [5, 5.41) is 13.1. The molecule has 12 aromatic rings. The van der Waals surface area contributed by atoms with Gasteiger partial charge in [-0.25, -0.2) is 4.98 Å². The van der Waals surface area contributed by atoms with E-state index in [4.69, 9.17) is 9.97 Å². The smallest absolute Gasteiger partial charge is 0.340 e. The predicted octanol–water partition coefficient (Wildman–Crippen LogP) is 9.48. The van der Waals surface area contributed by atoms with Crippen molar-refractivity contribution in [2.75, 3.05) is 0 Å². The van der Waals surface area contributed by atoms with Gasteiger partial charge >= 0.3 is 21.1 Å². The summed E-state index contributed by atoms with van der Waals surface area (Å²) in [4.78, 5) is 9.96. The molecule has 4 nitrogen and oxygen atoms in total. The molecular formula is C50H30N4PtSSi. The first-order chi connectivity index (χ1) is 27.8. The molecule has 7 aromatic carbocycles. The third-order valence-corrected chi connectivity index (χ3v) is 17.3. The van der Waals surface area contributed by atoms with Gasteiger partial charge in [-0.2, -0.15) is 23.4 Å². The van der Waals surface area contributed by atoms with Crippen LogP contribution < -0.4 is 20.7 Å². The van der Waals surface area contributed by atoms with Crippen LogP contribution in [0.2, 0.25) is 0 Å². The van der Waals surface area contributed by atoms with Crippen molar-refractivity contribution in [1.29, 1.82) is 0 Å². The number of hydrogen-bond acceptors (Lipinski definition) is 3. The Morgan fingerprint density at radius 1 is 0.491 bits per heavy atom. The van der Waals surface area contributed by atoms with Crippen LogP contribution in [0, 0.1) is 12.1 Å². The van der Waals surface area contributed by atoms with Gasteiger partial charge in [0.2, 0.25) is 0 Å². The largest absolute Gasteiger partial charge is 2.00 e. The monoisotopic (exact) mass is 941 g/mol. The molecule has 0 saturated carbocycles. The van der Waals surface area contributed by atoms with E-state index in [0.717, 1.165) is 49.0 Å². The second-order valence-corrected chi connectivity index (χ2v) is 19.2. The second-order valence-electron chi connectivity index (χ2n) is 14.4. The first-order valence-corrected chi connectivity index (χ1v) is 21.6. The van der Waals surface area contributed by atoms with Crippen LogP contribution in [-0.2, 0) is 21.1 Å². The van der Waals surface area contributed by atoms with Gasteiger partial charge in [0.05, 0.1) is 15.9 Å². The summed E-state index contributed by atoms with van der Waals surface area (Å²) in [6, 6.07) is 67.7. The van der Waals surface area contributed by atoms with Crippen molar-refractivity contribution >= 4 is 110 Å². The van der Waals surface area contributed by atoms with Crippen LogP contribution in [0.15, 0.2) is 182 Å². The van der Waals surface area contributed by atoms with E-state index < -0.39 is 8.07 Å². The Morgan fingerprint density at radius 2 is 1.16 bits per heavy atom. The number of fused-ring (bicyclic) bond motifs is 13. The molecule has 5 aromatic heterocycles. The standard InChI is InChI=1S/C50H30N4SSi.Pt/c1-3-14-34(15-4-1)56(35-16-5-2-6-17-35,37-24-25-38-39-19-7-9-22-45(39)53-30-29-52-49(53)44(38)32-37)36-18-11-13-33(31-36)54-47-41(43-21-12-28-51-50(43)54)26-27-42-40-20-8-10-23-46(40)55-48(42)47;/h1-30H;/q-2;+2. The summed E-state index contributed by atoms with van der Waals surface area (Å²) < 4.78 is 7.09. The molecule has 7 heteroatoms. The molecule has 0 bridgehead atoms. The summed E-state index contributed by atoms with van der Waals surface area (Å²) in [6.07, 6.45) is 5.85. The fraction of sp³-hybridized carbons (Fsp3) is 0. The molecule has 270 valence electrons. The average molecular weight is 942 g/mol. The minimum absolute atomic E-state index is 0. The quantitative estimate of drug-likeness (QED) is 0.0747. The molecule has 0 amide bonds. The molecule has 0 radical (unpaired) electrons. The van der Waals surface area contributed by atoms with Crippen LogP contribution in [0.25, 0.3) is 75.1 Å². The summed E-state index contributed by atoms with van der Waals surface area (Å²) >= 11 is 1.85. The maximum Gasteiger partial charge on any atom is 2.00 e. The second kappa shape index (κ2) is 13.2. The van der Waals surface area contributed by atoms with Gasteiger partial charge in [0.15, 0.2) is 0 Å². The Bertz CT molecular complexity index is 3460. The minimum Gasteiger partial charge on any atom is -0.340 e. The SMILES string of the molecule is [Pt+2].[c-]1c(-n2c3ncccc3c3ccc4c5ccccc5sc4c32)cccc1[Si](c1[c-]c2c(cc1)c1ccccc1n1ccnc21)(c1ccccc1)c1ccccc1. The van der Waals surface area contributed by atoms with Crippen LogP contribution in [0.5, 0.6) is 0 Å². The summed E-state index contributed by atoms with van der Waals surface area (Å²) in [5.74, 6) is 0. The summed E-state index contributed by atoms with van der Waals surface area (Å²) in [7, 11) is -3.09. The molecule has 0 unspecified atom stereocenters. The Balaban J connectivity index is 0.00000374. The van der Waals surface area contributed by atoms with Gasteiger partial charge in [0, 0.05) is 50.4 Å². The van der Waals surface area contributed by atoms with E-state index in [1.165, 1.54) is 46.8 Å². The predicted molar refractivity (Wildman–Crippen MR) is 237 cm³/mol. The number of hydrogen-bond donors (Lipinski definition) is 0. The van der Waals surface area contributed by atoms with Crippen molar-refractivity contribution < 1.29 is 21.1 Å². The van der Waals surface area contributed by atoms with Gasteiger partial charge in [-0.05, 0) is 40.0 Å². The molecule has 0 aliphatic carbocycles. The van der Waals surface area contributed by atoms with Crippen LogP contribution in [0.1, 0.15) is 0 Å². The van der Waals surface area contributed by atoms with Gasteiger partial charge in [-0.3, -0.25) is 4.98 Å². The van der Waals surface area contributed by atoms with E-state index in [9.17, 15) is 0 Å². The van der Waals surface area contributed by atoms with Crippen LogP contribution in [0.3, 0.4) is 0 Å². The molecular weight excluding hydrogens is 912 g/mol. The number of thiophene rings is 1. The Kier molecular flexibility index (Phi) is 7.90. The molecule has 0 aliphatic rings. The van der Waals surface area contributed by atoms with Crippen LogP contribution in [0.4, 0.5) is 0 Å². The fourth-order valence-electron chi connectivity index (χ4n) is 9.16. The molecule has 5 heterocycles. The number of aromatic nitrogens is 4. The zero-order chi connectivity index (χ0) is 36.8. The fourth-order valence-corrected chi connectivity index (χ4v) is 15.0. The third-order valence-electron chi connectivity index (χ3n) is 11.5. The minimum atomic E-state index is -3.09. The molecule has 57 heavy (non-hydrogen) atoms. The van der Waals surface area contributed by atoms with E-state index in [1.807, 2.05) is 29.8 Å². The maximum absolute atomic E-state index is 5.05. The van der Waals surface area contributed by atoms with Gasteiger partial charge in [0.1, 0.15) is 13.7 Å². The molecule has 0 aliphatic heterocycles.